The minimum Gasteiger partial charge on any atom is -0.356 e. The summed E-state index contributed by atoms with van der Waals surface area (Å²) in [7, 11) is 1.68. The van der Waals surface area contributed by atoms with Crippen molar-refractivity contribution in [3.8, 4) is 0 Å². The van der Waals surface area contributed by atoms with Gasteiger partial charge in [-0.1, -0.05) is 17.7 Å². The van der Waals surface area contributed by atoms with E-state index in [0.29, 0.717) is 43.8 Å². The molecule has 1 N–H and O–H groups in total. The largest absolute Gasteiger partial charge is 0.403 e. The number of aliphatic imine (C=N–C) groups is 1. The minimum atomic E-state index is -4.19. The van der Waals surface area contributed by atoms with Crippen LogP contribution in [0.15, 0.2) is 23.3 Å². The lowest BCUT2D eigenvalue weighted by Crippen LogP contribution is -2.56. The lowest BCUT2D eigenvalue weighted by atomic mass is 10.2. The van der Waals surface area contributed by atoms with Gasteiger partial charge in [0.25, 0.3) is 0 Å². The van der Waals surface area contributed by atoms with E-state index in [2.05, 4.69) is 15.3 Å². The Morgan fingerprint density at radius 1 is 1.31 bits per heavy atom. The number of piperazine rings is 1. The molecule has 0 saturated carbocycles. The third kappa shape index (κ3) is 6.73. The summed E-state index contributed by atoms with van der Waals surface area (Å²) < 4.78 is 38.4. The molecule has 0 spiro atoms. The smallest absolute Gasteiger partial charge is 0.356 e. The topological polar surface area (TPSA) is 43.8 Å². The summed E-state index contributed by atoms with van der Waals surface area (Å²) in [6.45, 7) is 3.63. The Bertz CT molecular complexity index is 574. The Kier molecular flexibility index (Phi) is 9.39. The van der Waals surface area contributed by atoms with Crippen molar-refractivity contribution in [2.75, 3.05) is 39.8 Å². The Balaban J connectivity index is 0.00000338. The van der Waals surface area contributed by atoms with Gasteiger partial charge in [0, 0.05) is 46.0 Å². The normalized spacial score (nSPS) is 17.6. The summed E-state index contributed by atoms with van der Waals surface area (Å²) in [5.74, 6) is 0.709. The summed E-state index contributed by atoms with van der Waals surface area (Å²) in [5.41, 5.74) is 1.05. The molecule has 5 nitrogen and oxygen atoms in total. The van der Waals surface area contributed by atoms with Crippen LogP contribution >= 0.6 is 35.6 Å². The van der Waals surface area contributed by atoms with Crippen molar-refractivity contribution in [2.45, 2.75) is 25.6 Å². The van der Waals surface area contributed by atoms with Gasteiger partial charge in [-0.25, -0.2) is 4.98 Å². The number of nitrogens with zero attached hydrogens (tertiary/aromatic N) is 4. The number of nitrogens with one attached hydrogen (secondary N) is 1. The van der Waals surface area contributed by atoms with Gasteiger partial charge in [-0.3, -0.25) is 9.89 Å². The number of pyridine rings is 1. The first-order chi connectivity index (χ1) is 11.8. The van der Waals surface area contributed by atoms with Crippen LogP contribution in [0.5, 0.6) is 0 Å². The molecule has 2 heterocycles. The quantitative estimate of drug-likeness (QED) is 0.296. The highest BCUT2D eigenvalue weighted by Gasteiger charge is 2.41. The lowest BCUT2D eigenvalue weighted by molar-refractivity contribution is -0.181. The van der Waals surface area contributed by atoms with E-state index in [9.17, 15) is 13.2 Å². The predicted molar refractivity (Wildman–Crippen MR) is 108 cm³/mol. The molecule has 1 atom stereocenters. The van der Waals surface area contributed by atoms with Crippen molar-refractivity contribution in [3.05, 3.63) is 29.0 Å². The zero-order valence-electron chi connectivity index (χ0n) is 14.8. The van der Waals surface area contributed by atoms with Crippen molar-refractivity contribution >= 4 is 41.5 Å². The number of rotatable bonds is 4. The Labute approximate surface area is 174 Å². The van der Waals surface area contributed by atoms with Gasteiger partial charge in [-0.05, 0) is 25.0 Å². The molecule has 1 saturated heterocycles. The zero-order chi connectivity index (χ0) is 18.4. The highest BCUT2D eigenvalue weighted by atomic mass is 127. The van der Waals surface area contributed by atoms with Crippen LogP contribution in [0.4, 0.5) is 13.2 Å². The fourth-order valence-electron chi connectivity index (χ4n) is 2.73. The Hall–Kier alpha value is -0.810. The van der Waals surface area contributed by atoms with Crippen molar-refractivity contribution in [3.63, 3.8) is 0 Å². The fraction of sp³-hybridized carbons (Fsp3) is 0.625. The van der Waals surface area contributed by atoms with Crippen LogP contribution in [0.3, 0.4) is 0 Å². The van der Waals surface area contributed by atoms with Crippen molar-refractivity contribution in [1.29, 1.82) is 0 Å². The van der Waals surface area contributed by atoms with E-state index < -0.39 is 12.2 Å². The number of hydrogen-bond acceptors (Lipinski definition) is 3. The molecule has 10 heteroatoms. The van der Waals surface area contributed by atoms with E-state index in [1.807, 2.05) is 11.0 Å². The van der Waals surface area contributed by atoms with Crippen LogP contribution in [-0.4, -0.2) is 72.7 Å². The zero-order valence-corrected chi connectivity index (χ0v) is 17.8. The maximum absolute atomic E-state index is 12.8. The van der Waals surface area contributed by atoms with Gasteiger partial charge in [0.2, 0.25) is 0 Å². The summed E-state index contributed by atoms with van der Waals surface area (Å²) in [6, 6.07) is 2.24. The average Bonchev–Trinajstić information content (AvgIpc) is 2.59. The molecule has 1 aliphatic heterocycles. The summed E-state index contributed by atoms with van der Waals surface area (Å²) in [6.07, 6.45) is -1.70. The van der Waals surface area contributed by atoms with Crippen LogP contribution in [0.1, 0.15) is 12.5 Å². The van der Waals surface area contributed by atoms with Crippen molar-refractivity contribution in [1.82, 2.24) is 20.1 Å². The molecule has 2 rings (SSSR count). The summed E-state index contributed by atoms with van der Waals surface area (Å²) in [5, 5.41) is 3.71. The van der Waals surface area contributed by atoms with Crippen LogP contribution in [0.2, 0.25) is 5.15 Å². The van der Waals surface area contributed by atoms with Crippen LogP contribution in [-0.2, 0) is 6.42 Å². The molecule has 1 aromatic heterocycles. The molecule has 1 aromatic rings. The number of aromatic nitrogens is 1. The van der Waals surface area contributed by atoms with Crippen molar-refractivity contribution < 1.29 is 13.2 Å². The molecule has 0 aromatic carbocycles. The molecule has 1 unspecified atom stereocenters. The highest BCUT2D eigenvalue weighted by molar-refractivity contribution is 14.0. The van der Waals surface area contributed by atoms with Gasteiger partial charge < -0.3 is 10.2 Å². The molecule has 148 valence electrons. The van der Waals surface area contributed by atoms with Gasteiger partial charge in [0.1, 0.15) is 11.2 Å². The molecule has 1 aliphatic rings. The Morgan fingerprint density at radius 3 is 2.46 bits per heavy atom. The van der Waals surface area contributed by atoms with Gasteiger partial charge in [0.15, 0.2) is 5.96 Å². The molecule has 0 aliphatic carbocycles. The van der Waals surface area contributed by atoms with Gasteiger partial charge >= 0.3 is 6.18 Å². The number of hydrogen-bond donors (Lipinski definition) is 1. The van der Waals surface area contributed by atoms with Gasteiger partial charge in [0.05, 0.1) is 0 Å². The van der Waals surface area contributed by atoms with Crippen molar-refractivity contribution in [2.24, 2.45) is 4.99 Å². The third-order valence-corrected chi connectivity index (χ3v) is 4.56. The maximum atomic E-state index is 12.8. The first-order valence-corrected chi connectivity index (χ1v) is 8.56. The SMILES string of the molecule is CN=C(NCCc1ccc(Cl)nc1)N1CCN(C(C)C(F)(F)F)CC1.I. The van der Waals surface area contributed by atoms with E-state index in [0.717, 1.165) is 12.0 Å². The van der Waals surface area contributed by atoms with E-state index in [1.165, 1.54) is 11.8 Å². The average molecular weight is 506 g/mol. The predicted octanol–water partition coefficient (Wildman–Crippen LogP) is 3.04. The number of halogens is 5. The second-order valence-corrected chi connectivity index (χ2v) is 6.34. The van der Waals surface area contributed by atoms with Crippen LogP contribution in [0, 0.1) is 0 Å². The second-order valence-electron chi connectivity index (χ2n) is 5.95. The molecule has 0 bridgehead atoms. The fourth-order valence-corrected chi connectivity index (χ4v) is 2.85. The molecule has 0 amide bonds. The lowest BCUT2D eigenvalue weighted by Gasteiger charge is -2.39. The van der Waals surface area contributed by atoms with Crippen LogP contribution in [0.25, 0.3) is 0 Å². The molecule has 0 radical (unpaired) electrons. The van der Waals surface area contributed by atoms with Gasteiger partial charge in [-0.2, -0.15) is 13.2 Å². The van der Waals surface area contributed by atoms with E-state index >= 15 is 0 Å². The monoisotopic (exact) mass is 505 g/mol. The number of alkyl halides is 3. The summed E-state index contributed by atoms with van der Waals surface area (Å²) in [4.78, 5) is 11.7. The first-order valence-electron chi connectivity index (χ1n) is 8.18. The molecule has 26 heavy (non-hydrogen) atoms. The van der Waals surface area contributed by atoms with Gasteiger partial charge in [-0.15, -0.1) is 24.0 Å². The maximum Gasteiger partial charge on any atom is 0.403 e. The molecular weight excluding hydrogens is 482 g/mol. The molecule has 1 fully saturated rings. The first kappa shape index (κ1) is 23.2. The van der Waals surface area contributed by atoms with E-state index in [-0.39, 0.29) is 24.0 Å². The minimum absolute atomic E-state index is 0. The highest BCUT2D eigenvalue weighted by Crippen LogP contribution is 2.25. The second kappa shape index (κ2) is 10.5. The van der Waals surface area contributed by atoms with E-state index in [4.69, 9.17) is 11.6 Å². The van der Waals surface area contributed by atoms with E-state index in [1.54, 1.807) is 19.3 Å². The standard InChI is InChI=1S/C16H23ClF3N5.HI/c1-12(16(18,19)20)24-7-9-25(10-8-24)15(21-2)22-6-5-13-3-4-14(17)23-11-13;/h3-4,11-12H,5-10H2,1-2H3,(H,21,22);1H. The molecular formula is C16H24ClF3IN5. The Morgan fingerprint density at radius 2 is 1.96 bits per heavy atom. The number of guanidine groups is 1. The summed E-state index contributed by atoms with van der Waals surface area (Å²) >= 11 is 5.76. The van der Waals surface area contributed by atoms with Crippen LogP contribution < -0.4 is 5.32 Å². The third-order valence-electron chi connectivity index (χ3n) is 4.33.